The second-order valence-electron chi connectivity index (χ2n) is 5.36. The Labute approximate surface area is 114 Å². The molecule has 19 heavy (non-hydrogen) atoms. The fourth-order valence-corrected chi connectivity index (χ4v) is 2.60. The highest BCUT2D eigenvalue weighted by atomic mass is 16.5. The summed E-state index contributed by atoms with van der Waals surface area (Å²) in [6, 6.07) is 12.9. The first-order chi connectivity index (χ1) is 9.13. The lowest BCUT2D eigenvalue weighted by molar-refractivity contribution is 0.209. The van der Waals surface area contributed by atoms with Gasteiger partial charge in [-0.25, -0.2) is 0 Å². The molecule has 98 valence electrons. The van der Waals surface area contributed by atoms with Gasteiger partial charge in [0, 0.05) is 0 Å². The fraction of sp³-hybridized carbons (Fsp3) is 0.294. The van der Waals surface area contributed by atoms with E-state index >= 15 is 0 Å². The molecular formula is C17H19NO. The summed E-state index contributed by atoms with van der Waals surface area (Å²) in [5.41, 5.74) is 6.07. The maximum Gasteiger partial charge on any atom is 0.146 e. The van der Waals surface area contributed by atoms with Gasteiger partial charge in [0.15, 0.2) is 0 Å². The van der Waals surface area contributed by atoms with Gasteiger partial charge in [-0.1, -0.05) is 35.9 Å². The number of anilines is 1. The van der Waals surface area contributed by atoms with Crippen molar-refractivity contribution in [3.05, 3.63) is 58.7 Å². The third-order valence-electron chi connectivity index (χ3n) is 3.61. The lowest BCUT2D eigenvalue weighted by Crippen LogP contribution is -2.24. The van der Waals surface area contributed by atoms with Crippen molar-refractivity contribution < 1.29 is 4.74 Å². The van der Waals surface area contributed by atoms with Gasteiger partial charge in [-0.3, -0.25) is 0 Å². The number of hydrogen-bond donors (Lipinski definition) is 1. The van der Waals surface area contributed by atoms with E-state index in [1.807, 2.05) is 0 Å². The summed E-state index contributed by atoms with van der Waals surface area (Å²) in [6.45, 7) is 7.14. The number of rotatable bonds is 1. The van der Waals surface area contributed by atoms with Gasteiger partial charge >= 0.3 is 0 Å². The largest absolute Gasteiger partial charge is 0.481 e. The van der Waals surface area contributed by atoms with E-state index < -0.39 is 0 Å². The molecule has 1 N–H and O–H groups in total. The first-order valence-corrected chi connectivity index (χ1v) is 6.72. The van der Waals surface area contributed by atoms with E-state index in [1.54, 1.807) is 0 Å². The Balaban J connectivity index is 1.92. The number of fused-ring (bicyclic) bond motifs is 1. The van der Waals surface area contributed by atoms with Crippen LogP contribution in [-0.4, -0.2) is 6.54 Å². The van der Waals surface area contributed by atoms with Gasteiger partial charge in [0.25, 0.3) is 0 Å². The third kappa shape index (κ3) is 2.30. The third-order valence-corrected chi connectivity index (χ3v) is 3.61. The number of benzene rings is 2. The molecule has 2 heteroatoms. The quantitative estimate of drug-likeness (QED) is 0.824. The van der Waals surface area contributed by atoms with E-state index in [-0.39, 0.29) is 6.10 Å². The topological polar surface area (TPSA) is 21.3 Å². The van der Waals surface area contributed by atoms with Crippen LogP contribution in [0.4, 0.5) is 5.69 Å². The minimum atomic E-state index is 0.0921. The summed E-state index contributed by atoms with van der Waals surface area (Å²) >= 11 is 0. The highest BCUT2D eigenvalue weighted by molar-refractivity contribution is 5.63. The summed E-state index contributed by atoms with van der Waals surface area (Å²) in [6.07, 6.45) is 0.0921. The molecule has 0 aromatic heterocycles. The lowest BCUT2D eigenvalue weighted by atomic mass is 10.0. The minimum absolute atomic E-state index is 0.0921. The van der Waals surface area contributed by atoms with Crippen LogP contribution in [-0.2, 0) is 0 Å². The summed E-state index contributed by atoms with van der Waals surface area (Å²) in [4.78, 5) is 0. The van der Waals surface area contributed by atoms with E-state index in [1.165, 1.54) is 22.3 Å². The van der Waals surface area contributed by atoms with Crippen LogP contribution >= 0.6 is 0 Å². The SMILES string of the molecule is Cc1ccc(C2CNc3cc(C)cc(C)c3O2)cc1. The van der Waals surface area contributed by atoms with Crippen molar-refractivity contribution in [3.8, 4) is 5.75 Å². The van der Waals surface area contributed by atoms with Crippen molar-refractivity contribution in [3.63, 3.8) is 0 Å². The van der Waals surface area contributed by atoms with Crippen LogP contribution in [0.2, 0.25) is 0 Å². The van der Waals surface area contributed by atoms with Crippen molar-refractivity contribution in [2.45, 2.75) is 26.9 Å². The second kappa shape index (κ2) is 4.61. The number of hydrogen-bond acceptors (Lipinski definition) is 2. The highest BCUT2D eigenvalue weighted by Crippen LogP contribution is 2.37. The summed E-state index contributed by atoms with van der Waals surface area (Å²) in [5.74, 6) is 0.988. The Morgan fingerprint density at radius 2 is 1.74 bits per heavy atom. The molecule has 0 fully saturated rings. The van der Waals surface area contributed by atoms with Crippen LogP contribution in [0, 0.1) is 20.8 Å². The molecule has 0 radical (unpaired) electrons. The van der Waals surface area contributed by atoms with Gasteiger partial charge in [0.05, 0.1) is 12.2 Å². The average Bonchev–Trinajstić information content (AvgIpc) is 2.39. The highest BCUT2D eigenvalue weighted by Gasteiger charge is 2.22. The van der Waals surface area contributed by atoms with Crippen molar-refractivity contribution in [1.82, 2.24) is 0 Å². The van der Waals surface area contributed by atoms with Gasteiger partial charge in [0.2, 0.25) is 0 Å². The van der Waals surface area contributed by atoms with Crippen molar-refractivity contribution in [2.75, 3.05) is 11.9 Å². The first kappa shape index (κ1) is 12.1. The molecular weight excluding hydrogens is 234 g/mol. The molecule has 0 saturated carbocycles. The molecule has 2 nitrogen and oxygen atoms in total. The molecule has 1 atom stereocenters. The number of nitrogens with one attached hydrogen (secondary N) is 1. The molecule has 0 aliphatic carbocycles. The normalized spacial score (nSPS) is 17.3. The molecule has 1 aliphatic heterocycles. The molecule has 0 bridgehead atoms. The summed E-state index contributed by atoms with van der Waals surface area (Å²) < 4.78 is 6.18. The summed E-state index contributed by atoms with van der Waals surface area (Å²) in [5, 5.41) is 3.48. The minimum Gasteiger partial charge on any atom is -0.481 e. The monoisotopic (exact) mass is 253 g/mol. The van der Waals surface area contributed by atoms with Gasteiger partial charge < -0.3 is 10.1 Å². The van der Waals surface area contributed by atoms with E-state index in [0.717, 1.165) is 18.0 Å². The van der Waals surface area contributed by atoms with Gasteiger partial charge in [-0.15, -0.1) is 0 Å². The Hall–Kier alpha value is -1.96. The van der Waals surface area contributed by atoms with E-state index in [2.05, 4.69) is 62.5 Å². The smallest absolute Gasteiger partial charge is 0.146 e. The fourth-order valence-electron chi connectivity index (χ4n) is 2.60. The Morgan fingerprint density at radius 3 is 2.47 bits per heavy atom. The predicted molar refractivity (Wildman–Crippen MR) is 79.0 cm³/mol. The number of ether oxygens (including phenoxy) is 1. The maximum atomic E-state index is 6.18. The van der Waals surface area contributed by atoms with Gasteiger partial charge in [-0.05, 0) is 43.5 Å². The molecule has 0 amide bonds. The second-order valence-corrected chi connectivity index (χ2v) is 5.36. The van der Waals surface area contributed by atoms with Crippen molar-refractivity contribution in [2.24, 2.45) is 0 Å². The zero-order chi connectivity index (χ0) is 13.4. The molecule has 0 spiro atoms. The van der Waals surface area contributed by atoms with Crippen LogP contribution in [0.5, 0.6) is 5.75 Å². The lowest BCUT2D eigenvalue weighted by Gasteiger charge is -2.29. The Morgan fingerprint density at radius 1 is 1.00 bits per heavy atom. The van der Waals surface area contributed by atoms with E-state index in [4.69, 9.17) is 4.74 Å². The molecule has 2 aromatic rings. The maximum absolute atomic E-state index is 6.18. The van der Waals surface area contributed by atoms with Crippen molar-refractivity contribution >= 4 is 5.69 Å². The Kier molecular flexibility index (Phi) is 2.94. The van der Waals surface area contributed by atoms with Crippen LogP contribution in [0.3, 0.4) is 0 Å². The standard InChI is InChI=1S/C17H19NO/c1-11-4-6-14(7-5-11)16-10-18-15-9-12(2)8-13(3)17(15)19-16/h4-9,16,18H,10H2,1-3H3. The van der Waals surface area contributed by atoms with E-state index in [0.29, 0.717) is 0 Å². The van der Waals surface area contributed by atoms with Crippen LogP contribution < -0.4 is 10.1 Å². The van der Waals surface area contributed by atoms with Crippen molar-refractivity contribution in [1.29, 1.82) is 0 Å². The Bertz CT molecular complexity index is 601. The van der Waals surface area contributed by atoms with Crippen LogP contribution in [0.25, 0.3) is 0 Å². The predicted octanol–water partition coefficient (Wildman–Crippen LogP) is 4.16. The summed E-state index contributed by atoms with van der Waals surface area (Å²) in [7, 11) is 0. The van der Waals surface area contributed by atoms with E-state index in [9.17, 15) is 0 Å². The van der Waals surface area contributed by atoms with Crippen LogP contribution in [0.15, 0.2) is 36.4 Å². The molecule has 2 aromatic carbocycles. The van der Waals surface area contributed by atoms with Gasteiger partial charge in [0.1, 0.15) is 11.9 Å². The molecule has 1 aliphatic rings. The van der Waals surface area contributed by atoms with Crippen LogP contribution in [0.1, 0.15) is 28.4 Å². The molecule has 3 rings (SSSR count). The number of aryl methyl sites for hydroxylation is 3. The average molecular weight is 253 g/mol. The first-order valence-electron chi connectivity index (χ1n) is 6.72. The molecule has 1 heterocycles. The molecule has 0 saturated heterocycles. The zero-order valence-electron chi connectivity index (χ0n) is 11.7. The van der Waals surface area contributed by atoms with Gasteiger partial charge in [-0.2, -0.15) is 0 Å². The molecule has 1 unspecified atom stereocenters. The zero-order valence-corrected chi connectivity index (χ0v) is 11.7.